The molecule has 0 aromatic carbocycles. The third kappa shape index (κ3) is 57.6. The van der Waals surface area contributed by atoms with Gasteiger partial charge in [-0.3, -0.25) is 4.79 Å². The van der Waals surface area contributed by atoms with Gasteiger partial charge >= 0.3 is 0 Å². The summed E-state index contributed by atoms with van der Waals surface area (Å²) < 4.78 is 0. The SMILES string of the molecule is CCCCCCCCCC/C=C\CCCCCCCCCCCCCCCCCCCCCCCCCC(=O)NC(CO)C(O)/C=C/CCCCCCCCCCCCCCCCCCCCCC. The van der Waals surface area contributed by atoms with Gasteiger partial charge in [-0.2, -0.15) is 0 Å². The van der Waals surface area contributed by atoms with Crippen LogP contribution < -0.4 is 5.32 Å². The summed E-state index contributed by atoms with van der Waals surface area (Å²) in [6, 6.07) is -0.620. The maximum atomic E-state index is 12.5. The molecular weight excluding hydrogens is 843 g/mol. The standard InChI is InChI=1S/C65H127NO3/c1-3-5-7-9-11-13-15-17-19-21-23-25-27-28-29-30-31-32-33-34-35-36-37-38-39-41-43-45-47-49-51-53-55-57-59-61-65(69)66-63(62-67)64(68)60-58-56-54-52-50-48-46-44-42-40-26-24-22-20-18-16-14-12-10-8-6-4-2/h21,23,58,60,63-64,67-68H,3-20,22,24-57,59,61-62H2,1-2H3,(H,66,69)/b23-21-,60-58+. The molecule has 0 aliphatic heterocycles. The van der Waals surface area contributed by atoms with Crippen molar-refractivity contribution in [3.8, 4) is 0 Å². The summed E-state index contributed by atoms with van der Waals surface area (Å²) in [7, 11) is 0. The Hall–Kier alpha value is -1.13. The van der Waals surface area contributed by atoms with Crippen molar-refractivity contribution in [2.75, 3.05) is 6.61 Å². The molecular formula is C65H127NO3. The first kappa shape index (κ1) is 67.9. The molecule has 0 saturated heterocycles. The van der Waals surface area contributed by atoms with Crippen LogP contribution in [0.15, 0.2) is 24.3 Å². The summed E-state index contributed by atoms with van der Waals surface area (Å²) in [6.45, 7) is 4.35. The van der Waals surface area contributed by atoms with Gasteiger partial charge in [-0.15, -0.1) is 0 Å². The predicted molar refractivity (Wildman–Crippen MR) is 309 cm³/mol. The number of hydrogen-bond acceptors (Lipinski definition) is 3. The number of aliphatic hydroxyl groups is 2. The van der Waals surface area contributed by atoms with Gasteiger partial charge in [0.1, 0.15) is 0 Å². The molecule has 410 valence electrons. The average Bonchev–Trinajstić information content (AvgIpc) is 3.35. The highest BCUT2D eigenvalue weighted by atomic mass is 16.3. The minimum absolute atomic E-state index is 0.0554. The first-order chi connectivity index (χ1) is 34.2. The van der Waals surface area contributed by atoms with Crippen molar-refractivity contribution in [2.24, 2.45) is 0 Å². The van der Waals surface area contributed by atoms with Gasteiger partial charge in [0.15, 0.2) is 0 Å². The molecule has 0 saturated carbocycles. The molecule has 0 aliphatic carbocycles. The molecule has 0 aromatic rings. The second-order valence-electron chi connectivity index (χ2n) is 22.2. The summed E-state index contributed by atoms with van der Waals surface area (Å²) in [5.74, 6) is -0.0554. The summed E-state index contributed by atoms with van der Waals surface area (Å²) in [4.78, 5) is 12.5. The summed E-state index contributed by atoms with van der Waals surface area (Å²) in [6.07, 6.45) is 82.4. The van der Waals surface area contributed by atoms with E-state index in [4.69, 9.17) is 0 Å². The molecule has 2 atom stereocenters. The van der Waals surface area contributed by atoms with Crippen molar-refractivity contribution in [3.05, 3.63) is 24.3 Å². The molecule has 0 fully saturated rings. The van der Waals surface area contributed by atoms with Crippen LogP contribution in [0, 0.1) is 0 Å². The van der Waals surface area contributed by atoms with Gasteiger partial charge in [-0.05, 0) is 44.9 Å². The maximum absolute atomic E-state index is 12.5. The van der Waals surface area contributed by atoms with E-state index in [9.17, 15) is 15.0 Å². The van der Waals surface area contributed by atoms with Crippen LogP contribution in [0.2, 0.25) is 0 Å². The number of rotatable bonds is 60. The third-order valence-electron chi connectivity index (χ3n) is 15.2. The Labute approximate surface area is 434 Å². The van der Waals surface area contributed by atoms with Crippen LogP contribution in [-0.2, 0) is 4.79 Å². The number of unbranched alkanes of at least 4 members (excludes halogenated alkanes) is 51. The Morgan fingerprint density at radius 1 is 0.333 bits per heavy atom. The van der Waals surface area contributed by atoms with Crippen LogP contribution in [0.5, 0.6) is 0 Å². The number of allylic oxidation sites excluding steroid dienone is 3. The topological polar surface area (TPSA) is 69.6 Å². The predicted octanol–water partition coefficient (Wildman–Crippen LogP) is 21.4. The van der Waals surface area contributed by atoms with Crippen LogP contribution in [0.3, 0.4) is 0 Å². The summed E-state index contributed by atoms with van der Waals surface area (Å²) in [5.41, 5.74) is 0. The number of aliphatic hydroxyl groups excluding tert-OH is 2. The number of nitrogens with one attached hydrogen (secondary N) is 1. The molecule has 69 heavy (non-hydrogen) atoms. The van der Waals surface area contributed by atoms with Crippen LogP contribution in [-0.4, -0.2) is 34.9 Å². The first-order valence-electron chi connectivity index (χ1n) is 32.1. The van der Waals surface area contributed by atoms with E-state index < -0.39 is 12.1 Å². The smallest absolute Gasteiger partial charge is 0.220 e. The van der Waals surface area contributed by atoms with Gasteiger partial charge in [-0.25, -0.2) is 0 Å². The van der Waals surface area contributed by atoms with E-state index in [-0.39, 0.29) is 12.5 Å². The minimum atomic E-state index is -0.837. The normalized spacial score (nSPS) is 12.8. The van der Waals surface area contributed by atoms with Gasteiger partial charge in [0.05, 0.1) is 18.8 Å². The molecule has 4 nitrogen and oxygen atoms in total. The Kier molecular flexibility index (Phi) is 60.2. The Morgan fingerprint density at radius 3 is 0.797 bits per heavy atom. The van der Waals surface area contributed by atoms with E-state index in [1.807, 2.05) is 6.08 Å². The van der Waals surface area contributed by atoms with Crippen LogP contribution >= 0.6 is 0 Å². The van der Waals surface area contributed by atoms with Crippen molar-refractivity contribution in [1.82, 2.24) is 5.32 Å². The number of carbonyl (C=O) groups excluding carboxylic acids is 1. The van der Waals surface area contributed by atoms with E-state index in [1.54, 1.807) is 6.08 Å². The van der Waals surface area contributed by atoms with E-state index in [0.717, 1.165) is 25.7 Å². The zero-order valence-electron chi connectivity index (χ0n) is 47.4. The fourth-order valence-corrected chi connectivity index (χ4v) is 10.3. The lowest BCUT2D eigenvalue weighted by atomic mass is 10.0. The number of carbonyl (C=O) groups is 1. The lowest BCUT2D eigenvalue weighted by Crippen LogP contribution is -2.45. The zero-order chi connectivity index (χ0) is 49.9. The Balaban J connectivity index is 3.40. The highest BCUT2D eigenvalue weighted by molar-refractivity contribution is 5.76. The first-order valence-corrected chi connectivity index (χ1v) is 32.1. The molecule has 0 rings (SSSR count). The van der Waals surface area contributed by atoms with Crippen molar-refractivity contribution in [1.29, 1.82) is 0 Å². The van der Waals surface area contributed by atoms with Gasteiger partial charge in [-0.1, -0.05) is 340 Å². The maximum Gasteiger partial charge on any atom is 0.220 e. The van der Waals surface area contributed by atoms with Crippen LogP contribution in [0.25, 0.3) is 0 Å². The molecule has 4 heteroatoms. The lowest BCUT2D eigenvalue weighted by Gasteiger charge is -2.20. The Bertz CT molecular complexity index is 1010. The van der Waals surface area contributed by atoms with Gasteiger partial charge < -0.3 is 15.5 Å². The largest absolute Gasteiger partial charge is 0.394 e. The quantitative estimate of drug-likeness (QED) is 0.0420. The van der Waals surface area contributed by atoms with Crippen LogP contribution in [0.1, 0.15) is 367 Å². The Morgan fingerprint density at radius 2 is 0.551 bits per heavy atom. The van der Waals surface area contributed by atoms with E-state index in [1.165, 1.54) is 321 Å². The van der Waals surface area contributed by atoms with Gasteiger partial charge in [0, 0.05) is 6.42 Å². The van der Waals surface area contributed by atoms with Crippen molar-refractivity contribution in [3.63, 3.8) is 0 Å². The summed E-state index contributed by atoms with van der Waals surface area (Å²) in [5, 5.41) is 23.2. The monoisotopic (exact) mass is 970 g/mol. The fraction of sp³-hybridized carbons (Fsp3) is 0.923. The molecule has 0 spiro atoms. The molecule has 0 aliphatic rings. The van der Waals surface area contributed by atoms with Gasteiger partial charge in [0.2, 0.25) is 5.91 Å². The highest BCUT2D eigenvalue weighted by Crippen LogP contribution is 2.18. The molecule has 0 aromatic heterocycles. The second-order valence-corrected chi connectivity index (χ2v) is 22.2. The fourth-order valence-electron chi connectivity index (χ4n) is 10.3. The van der Waals surface area contributed by atoms with Crippen LogP contribution in [0.4, 0.5) is 0 Å². The number of hydrogen-bond donors (Lipinski definition) is 3. The van der Waals surface area contributed by atoms with E-state index in [2.05, 4.69) is 31.3 Å². The minimum Gasteiger partial charge on any atom is -0.394 e. The molecule has 2 unspecified atom stereocenters. The number of amides is 1. The van der Waals surface area contributed by atoms with Gasteiger partial charge in [0.25, 0.3) is 0 Å². The highest BCUT2D eigenvalue weighted by Gasteiger charge is 2.18. The van der Waals surface area contributed by atoms with E-state index in [0.29, 0.717) is 6.42 Å². The molecule has 3 N–H and O–H groups in total. The second kappa shape index (κ2) is 61.2. The molecule has 1 amide bonds. The summed E-state index contributed by atoms with van der Waals surface area (Å²) >= 11 is 0. The lowest BCUT2D eigenvalue weighted by molar-refractivity contribution is -0.123. The molecule has 0 bridgehead atoms. The van der Waals surface area contributed by atoms with Crippen molar-refractivity contribution in [2.45, 2.75) is 379 Å². The molecule has 0 heterocycles. The van der Waals surface area contributed by atoms with Crippen molar-refractivity contribution < 1.29 is 15.0 Å². The van der Waals surface area contributed by atoms with E-state index >= 15 is 0 Å². The van der Waals surface area contributed by atoms with Crippen molar-refractivity contribution >= 4 is 5.91 Å². The average molecular weight is 971 g/mol. The third-order valence-corrected chi connectivity index (χ3v) is 15.2. The zero-order valence-corrected chi connectivity index (χ0v) is 47.4. The molecule has 0 radical (unpaired) electrons.